The quantitative estimate of drug-likeness (QED) is 0.792. The molecule has 0 saturated heterocycles. The van der Waals surface area contributed by atoms with Crippen molar-refractivity contribution < 1.29 is 0 Å². The molecule has 1 aromatic rings. The van der Waals surface area contributed by atoms with Crippen molar-refractivity contribution in [2.24, 2.45) is 0 Å². The predicted octanol–water partition coefficient (Wildman–Crippen LogP) is 2.54. The van der Waals surface area contributed by atoms with E-state index < -0.39 is 0 Å². The number of hydrogen-bond acceptors (Lipinski definition) is 3. The topological polar surface area (TPSA) is 41.6 Å². The summed E-state index contributed by atoms with van der Waals surface area (Å²) < 4.78 is 0. The van der Waals surface area contributed by atoms with Crippen LogP contribution in [0.15, 0.2) is 5.16 Å². The molecule has 1 heterocycles. The molecule has 0 aromatic carbocycles. The number of H-pyrrole nitrogens is 1. The van der Waals surface area contributed by atoms with Gasteiger partial charge in [0, 0.05) is 5.25 Å². The molecule has 0 bridgehead atoms. The molecular weight excluding hydrogens is 182 g/mol. The van der Waals surface area contributed by atoms with E-state index in [4.69, 9.17) is 0 Å². The Morgan fingerprint density at radius 3 is 2.69 bits per heavy atom. The lowest BCUT2D eigenvalue weighted by Crippen LogP contribution is -2.07. The van der Waals surface area contributed by atoms with Gasteiger partial charge < -0.3 is 0 Å². The van der Waals surface area contributed by atoms with Gasteiger partial charge >= 0.3 is 0 Å². The highest BCUT2D eigenvalue weighted by Gasteiger charge is 2.16. The molecule has 1 saturated carbocycles. The Kier molecular flexibility index (Phi) is 2.88. The summed E-state index contributed by atoms with van der Waals surface area (Å²) in [7, 11) is 0. The molecule has 0 unspecified atom stereocenters. The standard InChI is InChI=1S/C9H15N3S/c1-7-10-9(12-11-7)13-8-5-3-2-4-6-8/h8H,2-6H2,1H3,(H,10,11,12). The van der Waals surface area contributed by atoms with Crippen LogP contribution in [0.4, 0.5) is 0 Å². The van der Waals surface area contributed by atoms with Gasteiger partial charge in [-0.3, -0.25) is 5.10 Å². The summed E-state index contributed by atoms with van der Waals surface area (Å²) in [4.78, 5) is 4.30. The van der Waals surface area contributed by atoms with Gasteiger partial charge in [0.1, 0.15) is 5.82 Å². The Balaban J connectivity index is 1.89. The van der Waals surface area contributed by atoms with Crippen LogP contribution in [0.5, 0.6) is 0 Å². The molecule has 72 valence electrons. The Hall–Kier alpha value is -0.510. The molecule has 0 atom stereocenters. The molecule has 13 heavy (non-hydrogen) atoms. The van der Waals surface area contributed by atoms with Crippen molar-refractivity contribution >= 4 is 11.8 Å². The normalized spacial score (nSPS) is 19.2. The molecule has 3 nitrogen and oxygen atoms in total. The van der Waals surface area contributed by atoms with Crippen molar-refractivity contribution in [2.75, 3.05) is 0 Å². The van der Waals surface area contributed by atoms with Crippen molar-refractivity contribution in [1.29, 1.82) is 0 Å². The smallest absolute Gasteiger partial charge is 0.208 e. The zero-order chi connectivity index (χ0) is 9.10. The first-order chi connectivity index (χ1) is 6.34. The molecule has 0 aliphatic heterocycles. The van der Waals surface area contributed by atoms with E-state index in [1.54, 1.807) is 0 Å². The lowest BCUT2D eigenvalue weighted by Gasteiger charge is -2.18. The van der Waals surface area contributed by atoms with E-state index in [1.165, 1.54) is 32.1 Å². The van der Waals surface area contributed by atoms with E-state index in [0.717, 1.165) is 16.2 Å². The number of thioether (sulfide) groups is 1. The molecule has 0 spiro atoms. The SMILES string of the molecule is Cc1nc(SC2CCCCC2)n[nH]1. The van der Waals surface area contributed by atoms with E-state index in [0.29, 0.717) is 0 Å². The van der Waals surface area contributed by atoms with Gasteiger partial charge in [-0.1, -0.05) is 31.0 Å². The summed E-state index contributed by atoms with van der Waals surface area (Å²) in [5.41, 5.74) is 0. The van der Waals surface area contributed by atoms with Gasteiger partial charge in [0.2, 0.25) is 5.16 Å². The number of nitrogens with one attached hydrogen (secondary N) is 1. The van der Waals surface area contributed by atoms with Gasteiger partial charge in [-0.05, 0) is 19.8 Å². The van der Waals surface area contributed by atoms with Crippen molar-refractivity contribution in [2.45, 2.75) is 49.4 Å². The molecule has 1 aromatic heterocycles. The fraction of sp³-hybridized carbons (Fsp3) is 0.778. The van der Waals surface area contributed by atoms with Crippen molar-refractivity contribution in [3.63, 3.8) is 0 Å². The summed E-state index contributed by atoms with van der Waals surface area (Å²) in [5, 5.41) is 8.69. The van der Waals surface area contributed by atoms with Gasteiger partial charge in [-0.2, -0.15) is 0 Å². The van der Waals surface area contributed by atoms with Gasteiger partial charge in [0.15, 0.2) is 0 Å². The molecule has 1 aliphatic carbocycles. The van der Waals surface area contributed by atoms with Gasteiger partial charge in [0.25, 0.3) is 0 Å². The van der Waals surface area contributed by atoms with Gasteiger partial charge in [-0.25, -0.2) is 4.98 Å². The van der Waals surface area contributed by atoms with Crippen molar-refractivity contribution in [3.8, 4) is 0 Å². The van der Waals surface area contributed by atoms with Crippen LogP contribution in [0.1, 0.15) is 37.9 Å². The van der Waals surface area contributed by atoms with Crippen LogP contribution in [0.3, 0.4) is 0 Å². The monoisotopic (exact) mass is 197 g/mol. The fourth-order valence-electron chi connectivity index (χ4n) is 1.71. The van der Waals surface area contributed by atoms with Crippen LogP contribution in [0, 0.1) is 6.92 Å². The predicted molar refractivity (Wildman–Crippen MR) is 53.8 cm³/mol. The van der Waals surface area contributed by atoms with Crippen molar-refractivity contribution in [1.82, 2.24) is 15.2 Å². The largest absolute Gasteiger partial charge is 0.262 e. The lowest BCUT2D eigenvalue weighted by atomic mass is 10.0. The summed E-state index contributed by atoms with van der Waals surface area (Å²) in [6.45, 7) is 1.94. The maximum absolute atomic E-state index is 4.30. The Morgan fingerprint density at radius 2 is 2.08 bits per heavy atom. The molecule has 4 heteroatoms. The number of rotatable bonds is 2. The van der Waals surface area contributed by atoms with E-state index in [1.807, 2.05) is 18.7 Å². The number of aryl methyl sites for hydroxylation is 1. The first-order valence-corrected chi connectivity index (χ1v) is 5.78. The van der Waals surface area contributed by atoms with Crippen LogP contribution >= 0.6 is 11.8 Å². The molecular formula is C9H15N3S. The maximum Gasteiger partial charge on any atom is 0.208 e. The number of hydrogen-bond donors (Lipinski definition) is 1. The third-order valence-corrected chi connectivity index (χ3v) is 3.60. The second-order valence-corrected chi connectivity index (χ2v) is 4.85. The fourth-order valence-corrected chi connectivity index (χ4v) is 2.86. The summed E-state index contributed by atoms with van der Waals surface area (Å²) in [6, 6.07) is 0. The lowest BCUT2D eigenvalue weighted by molar-refractivity contribution is 0.515. The number of aromatic nitrogens is 3. The molecule has 0 amide bonds. The zero-order valence-corrected chi connectivity index (χ0v) is 8.73. The number of aromatic amines is 1. The maximum atomic E-state index is 4.30. The molecule has 1 aliphatic rings. The minimum absolute atomic E-state index is 0.754. The molecule has 1 fully saturated rings. The molecule has 1 N–H and O–H groups in total. The van der Waals surface area contributed by atoms with E-state index in [2.05, 4.69) is 15.2 Å². The first-order valence-electron chi connectivity index (χ1n) is 4.90. The van der Waals surface area contributed by atoms with Crippen molar-refractivity contribution in [3.05, 3.63) is 5.82 Å². The van der Waals surface area contributed by atoms with Crippen LogP contribution in [-0.2, 0) is 0 Å². The van der Waals surface area contributed by atoms with E-state index in [-0.39, 0.29) is 0 Å². The average Bonchev–Trinajstić information content (AvgIpc) is 2.53. The third kappa shape index (κ3) is 2.46. The number of nitrogens with zero attached hydrogens (tertiary/aromatic N) is 2. The van der Waals surface area contributed by atoms with E-state index >= 15 is 0 Å². The van der Waals surface area contributed by atoms with Gasteiger partial charge in [-0.15, -0.1) is 5.10 Å². The Bertz CT molecular complexity index is 266. The molecule has 2 rings (SSSR count). The zero-order valence-electron chi connectivity index (χ0n) is 7.92. The van der Waals surface area contributed by atoms with E-state index in [9.17, 15) is 0 Å². The third-order valence-electron chi connectivity index (χ3n) is 2.40. The first kappa shape index (κ1) is 9.06. The van der Waals surface area contributed by atoms with Gasteiger partial charge in [0.05, 0.1) is 0 Å². The minimum Gasteiger partial charge on any atom is -0.262 e. The highest BCUT2D eigenvalue weighted by Crippen LogP contribution is 2.31. The average molecular weight is 197 g/mol. The second kappa shape index (κ2) is 4.13. The van der Waals surface area contributed by atoms with Crippen LogP contribution < -0.4 is 0 Å². The highest BCUT2D eigenvalue weighted by molar-refractivity contribution is 7.99. The summed E-state index contributed by atoms with van der Waals surface area (Å²) in [6.07, 6.45) is 6.82. The highest BCUT2D eigenvalue weighted by atomic mass is 32.2. The second-order valence-electron chi connectivity index (χ2n) is 3.58. The van der Waals surface area contributed by atoms with Crippen LogP contribution in [0.2, 0.25) is 0 Å². The minimum atomic E-state index is 0.754. The van der Waals surface area contributed by atoms with Crippen LogP contribution in [-0.4, -0.2) is 20.4 Å². The van der Waals surface area contributed by atoms with Crippen LogP contribution in [0.25, 0.3) is 0 Å². The Labute approximate surface area is 82.7 Å². The summed E-state index contributed by atoms with van der Waals surface area (Å²) in [5.74, 6) is 0.915. The summed E-state index contributed by atoms with van der Waals surface area (Å²) >= 11 is 1.83. The Morgan fingerprint density at radius 1 is 1.31 bits per heavy atom. The molecule has 0 radical (unpaired) electrons.